The molecular formula is C19H19F2IN2O3S. The van der Waals surface area contributed by atoms with E-state index >= 15 is 0 Å². The maximum atomic E-state index is 14.7. The second-order valence-corrected chi connectivity index (χ2v) is 9.88. The first-order valence-electron chi connectivity index (χ1n) is 8.44. The second kappa shape index (κ2) is 7.86. The van der Waals surface area contributed by atoms with E-state index in [1.807, 2.05) is 22.6 Å². The lowest BCUT2D eigenvalue weighted by molar-refractivity contribution is 0.412. The molecule has 3 rings (SSSR count). The van der Waals surface area contributed by atoms with E-state index in [-0.39, 0.29) is 29.2 Å². The van der Waals surface area contributed by atoms with Gasteiger partial charge in [0.25, 0.3) is 0 Å². The van der Waals surface area contributed by atoms with Crippen LogP contribution in [0.4, 0.5) is 25.8 Å². The van der Waals surface area contributed by atoms with Gasteiger partial charge in [0.1, 0.15) is 17.3 Å². The number of hydrogen-bond donors (Lipinski definition) is 2. The van der Waals surface area contributed by atoms with Crippen LogP contribution in [0.1, 0.15) is 19.3 Å². The van der Waals surface area contributed by atoms with Crippen molar-refractivity contribution in [2.24, 2.45) is 0 Å². The zero-order valence-corrected chi connectivity index (χ0v) is 18.0. The molecule has 0 atom stereocenters. The summed E-state index contributed by atoms with van der Waals surface area (Å²) in [6.45, 7) is 3.60. The molecule has 2 aromatic rings. The van der Waals surface area contributed by atoms with Crippen molar-refractivity contribution in [1.82, 2.24) is 0 Å². The number of nitrogens with one attached hydrogen (secondary N) is 2. The van der Waals surface area contributed by atoms with Crippen LogP contribution in [0.5, 0.6) is 5.75 Å². The van der Waals surface area contributed by atoms with Gasteiger partial charge in [-0.3, -0.25) is 4.72 Å². The van der Waals surface area contributed by atoms with Crippen molar-refractivity contribution in [1.29, 1.82) is 0 Å². The third kappa shape index (κ3) is 4.09. The van der Waals surface area contributed by atoms with Crippen LogP contribution in [0.3, 0.4) is 0 Å². The van der Waals surface area contributed by atoms with Gasteiger partial charge in [0.15, 0.2) is 5.82 Å². The molecule has 0 aromatic heterocycles. The van der Waals surface area contributed by atoms with E-state index in [4.69, 9.17) is 4.74 Å². The number of sulfonamides is 1. The van der Waals surface area contributed by atoms with Gasteiger partial charge < -0.3 is 10.1 Å². The molecule has 2 N–H and O–H groups in total. The molecule has 0 bridgehead atoms. The molecule has 0 spiro atoms. The van der Waals surface area contributed by atoms with Gasteiger partial charge in [-0.1, -0.05) is 6.08 Å². The summed E-state index contributed by atoms with van der Waals surface area (Å²) in [5.74, 6) is -1.21. The van der Waals surface area contributed by atoms with Gasteiger partial charge in [-0.25, -0.2) is 17.2 Å². The summed E-state index contributed by atoms with van der Waals surface area (Å²) in [5.41, 5.74) is -0.148. The first kappa shape index (κ1) is 20.8. The van der Waals surface area contributed by atoms with Gasteiger partial charge in [-0.2, -0.15) is 0 Å². The van der Waals surface area contributed by atoms with Crippen LogP contribution in [0.2, 0.25) is 0 Å². The summed E-state index contributed by atoms with van der Waals surface area (Å²) >= 11 is 1.97. The molecular weight excluding hydrogens is 501 g/mol. The van der Waals surface area contributed by atoms with Crippen molar-refractivity contribution < 1.29 is 21.9 Å². The number of hydrogen-bond acceptors (Lipinski definition) is 4. The van der Waals surface area contributed by atoms with E-state index < -0.39 is 26.4 Å². The number of benzene rings is 2. The Morgan fingerprint density at radius 3 is 2.50 bits per heavy atom. The molecule has 9 heteroatoms. The minimum Gasteiger partial charge on any atom is -0.497 e. The maximum absolute atomic E-state index is 14.7. The highest BCUT2D eigenvalue weighted by Crippen LogP contribution is 2.48. The molecule has 28 heavy (non-hydrogen) atoms. The van der Waals surface area contributed by atoms with Crippen LogP contribution in [0.25, 0.3) is 0 Å². The van der Waals surface area contributed by atoms with E-state index in [1.54, 1.807) is 6.07 Å². The van der Waals surface area contributed by atoms with Crippen LogP contribution in [-0.4, -0.2) is 20.3 Å². The lowest BCUT2D eigenvalue weighted by atomic mass is 10.2. The van der Waals surface area contributed by atoms with Gasteiger partial charge >= 0.3 is 0 Å². The van der Waals surface area contributed by atoms with Crippen LogP contribution in [-0.2, 0) is 10.0 Å². The maximum Gasteiger partial charge on any atom is 0.238 e. The molecule has 150 valence electrons. The van der Waals surface area contributed by atoms with Crippen molar-refractivity contribution in [3.05, 3.63) is 58.2 Å². The minimum absolute atomic E-state index is 0.0509. The molecule has 1 aliphatic carbocycles. The normalized spacial score (nSPS) is 15.0. The predicted molar refractivity (Wildman–Crippen MR) is 115 cm³/mol. The molecule has 1 fully saturated rings. The number of anilines is 3. The monoisotopic (exact) mass is 520 g/mol. The van der Waals surface area contributed by atoms with Gasteiger partial charge in [0.2, 0.25) is 10.0 Å². The Morgan fingerprint density at radius 2 is 1.93 bits per heavy atom. The third-order valence-electron chi connectivity index (χ3n) is 4.63. The highest BCUT2D eigenvalue weighted by Gasteiger charge is 2.53. The molecule has 0 aliphatic heterocycles. The summed E-state index contributed by atoms with van der Waals surface area (Å²) in [6.07, 6.45) is 2.76. The Kier molecular flexibility index (Phi) is 5.85. The Morgan fingerprint density at radius 1 is 1.21 bits per heavy atom. The molecule has 0 amide bonds. The smallest absolute Gasteiger partial charge is 0.238 e. The predicted octanol–water partition coefficient (Wildman–Crippen LogP) is 5.17. The first-order chi connectivity index (χ1) is 13.2. The standard InChI is InChI=1S/C19H19F2IN2O3S/c1-3-6-19(7-8-19)28(25,26)24-18-15(21)10-13(27-2)11-17(18)23-16-5-4-12(22)9-14(16)20/h3-5,9-11,23-24H,1,6-8H2,2H3. The quantitative estimate of drug-likeness (QED) is 0.373. The van der Waals surface area contributed by atoms with Crippen molar-refractivity contribution in [2.45, 2.75) is 24.0 Å². The van der Waals surface area contributed by atoms with Gasteiger partial charge in [0.05, 0.1) is 23.2 Å². The fraction of sp³-hybridized carbons (Fsp3) is 0.263. The van der Waals surface area contributed by atoms with Crippen LogP contribution >= 0.6 is 22.6 Å². The van der Waals surface area contributed by atoms with Crippen LogP contribution < -0.4 is 14.8 Å². The minimum atomic E-state index is -3.87. The van der Waals surface area contributed by atoms with Crippen molar-refractivity contribution in [3.8, 4) is 5.75 Å². The van der Waals surface area contributed by atoms with E-state index in [2.05, 4.69) is 16.6 Å². The molecule has 1 saturated carbocycles. The topological polar surface area (TPSA) is 67.4 Å². The molecule has 0 heterocycles. The lowest BCUT2D eigenvalue weighted by Gasteiger charge is -2.20. The summed E-state index contributed by atoms with van der Waals surface area (Å²) in [4.78, 5) is 0. The number of rotatable bonds is 8. The van der Waals surface area contributed by atoms with Gasteiger partial charge in [-0.15, -0.1) is 6.58 Å². The average molecular weight is 520 g/mol. The molecule has 0 radical (unpaired) electrons. The lowest BCUT2D eigenvalue weighted by Crippen LogP contribution is -2.30. The highest BCUT2D eigenvalue weighted by atomic mass is 127. The fourth-order valence-electron chi connectivity index (χ4n) is 2.87. The molecule has 5 nitrogen and oxygen atoms in total. The number of halogens is 3. The van der Waals surface area contributed by atoms with Gasteiger partial charge in [0, 0.05) is 15.7 Å². The summed E-state index contributed by atoms with van der Waals surface area (Å²) in [7, 11) is -2.52. The Bertz CT molecular complexity index is 1020. The first-order valence-corrected chi connectivity index (χ1v) is 11.0. The summed E-state index contributed by atoms with van der Waals surface area (Å²) in [6, 6.07) is 6.96. The average Bonchev–Trinajstić information content (AvgIpc) is 3.41. The van der Waals surface area contributed by atoms with E-state index in [9.17, 15) is 17.2 Å². The number of methoxy groups -OCH3 is 1. The van der Waals surface area contributed by atoms with Crippen molar-refractivity contribution in [3.63, 3.8) is 0 Å². The molecule has 1 aliphatic rings. The highest BCUT2D eigenvalue weighted by molar-refractivity contribution is 14.1. The molecule has 2 aromatic carbocycles. The van der Waals surface area contributed by atoms with E-state index in [0.717, 1.165) is 6.07 Å². The van der Waals surface area contributed by atoms with Gasteiger partial charge in [-0.05, 0) is 60.1 Å². The van der Waals surface area contributed by atoms with Crippen molar-refractivity contribution in [2.75, 3.05) is 17.1 Å². The SMILES string of the molecule is C=CCC1(S(=O)(=O)Nc2c(F)cc(OC)cc2Nc2ccc(I)cc2F)CC1. The Hall–Kier alpha value is -1.88. The van der Waals surface area contributed by atoms with Crippen LogP contribution in [0, 0.1) is 15.2 Å². The molecule has 0 unspecified atom stereocenters. The van der Waals surface area contributed by atoms with Crippen LogP contribution in [0.15, 0.2) is 43.0 Å². The second-order valence-electron chi connectivity index (χ2n) is 6.56. The summed E-state index contributed by atoms with van der Waals surface area (Å²) < 4.78 is 61.8. The largest absolute Gasteiger partial charge is 0.497 e. The Balaban J connectivity index is 2.02. The van der Waals surface area contributed by atoms with E-state index in [0.29, 0.717) is 16.4 Å². The van der Waals surface area contributed by atoms with E-state index in [1.165, 1.54) is 31.4 Å². The Labute approximate surface area is 176 Å². The fourth-order valence-corrected chi connectivity index (χ4v) is 4.99. The zero-order valence-electron chi connectivity index (χ0n) is 15.1. The summed E-state index contributed by atoms with van der Waals surface area (Å²) in [5, 5.41) is 2.76. The molecule has 0 saturated heterocycles. The third-order valence-corrected chi connectivity index (χ3v) is 7.49. The van der Waals surface area contributed by atoms with Crippen molar-refractivity contribution >= 4 is 49.7 Å². The number of ether oxygens (including phenoxy) is 1. The number of allylic oxidation sites excluding steroid dienone is 1. The zero-order chi connectivity index (χ0) is 20.5.